The van der Waals surface area contributed by atoms with Crippen LogP contribution in [0.2, 0.25) is 0 Å². The van der Waals surface area contributed by atoms with Gasteiger partial charge in [-0.25, -0.2) is 0 Å². The minimum absolute atomic E-state index is 0.0208. The third-order valence-corrected chi connectivity index (χ3v) is 7.57. The van der Waals surface area contributed by atoms with Crippen LogP contribution < -0.4 is 10.1 Å². The van der Waals surface area contributed by atoms with E-state index in [0.717, 1.165) is 44.4 Å². The van der Waals surface area contributed by atoms with E-state index in [1.54, 1.807) is 42.5 Å². The molecule has 0 aliphatic carbocycles. The van der Waals surface area contributed by atoms with Gasteiger partial charge in [0, 0.05) is 46.5 Å². The number of imide groups is 1. The van der Waals surface area contributed by atoms with E-state index < -0.39 is 28.5 Å². The van der Waals surface area contributed by atoms with Crippen molar-refractivity contribution < 1.29 is 24.0 Å². The van der Waals surface area contributed by atoms with Crippen LogP contribution in [0.3, 0.4) is 0 Å². The van der Waals surface area contributed by atoms with Gasteiger partial charge in [0.2, 0.25) is 5.91 Å². The number of nitro benzene ring substituents is 1. The van der Waals surface area contributed by atoms with Gasteiger partial charge in [-0.1, -0.05) is 30.3 Å². The predicted molar refractivity (Wildman–Crippen MR) is 158 cm³/mol. The van der Waals surface area contributed by atoms with E-state index in [1.165, 1.54) is 12.1 Å². The molecule has 0 radical (unpaired) electrons. The van der Waals surface area contributed by atoms with Gasteiger partial charge in [-0.05, 0) is 67.6 Å². The number of carbonyl (C=O) groups excluding carboxylic acids is 3. The summed E-state index contributed by atoms with van der Waals surface area (Å²) >= 11 is 0.796. The van der Waals surface area contributed by atoms with E-state index in [0.29, 0.717) is 24.6 Å². The number of nitrogens with zero attached hydrogens (tertiary/aromatic N) is 3. The van der Waals surface area contributed by atoms with Gasteiger partial charge in [-0.2, -0.15) is 0 Å². The number of carbonyl (C=O) groups is 3. The summed E-state index contributed by atoms with van der Waals surface area (Å²) in [7, 11) is 0. The summed E-state index contributed by atoms with van der Waals surface area (Å²) in [5.41, 5.74) is 4.00. The van der Waals surface area contributed by atoms with Crippen LogP contribution in [0.1, 0.15) is 23.7 Å². The van der Waals surface area contributed by atoms with Gasteiger partial charge in [-0.15, -0.1) is 0 Å². The smallest absolute Gasteiger partial charge is 0.294 e. The normalized spacial score (nSPS) is 14.2. The number of fused-ring (bicyclic) bond motifs is 1. The number of aromatic nitrogens is 1. The summed E-state index contributed by atoms with van der Waals surface area (Å²) in [6, 6.07) is 20.9. The molecular weight excluding hydrogens is 544 g/mol. The van der Waals surface area contributed by atoms with Crippen LogP contribution in [-0.2, 0) is 16.1 Å². The summed E-state index contributed by atoms with van der Waals surface area (Å²) < 4.78 is 7.46. The fourth-order valence-corrected chi connectivity index (χ4v) is 5.48. The molecule has 10 nitrogen and oxygen atoms in total. The van der Waals surface area contributed by atoms with Crippen LogP contribution in [0, 0.1) is 17.0 Å². The number of hydrogen-bond acceptors (Lipinski definition) is 7. The largest absolute Gasteiger partial charge is 0.494 e. The highest BCUT2D eigenvalue weighted by Gasteiger charge is 2.36. The lowest BCUT2D eigenvalue weighted by atomic mass is 10.1. The first kappa shape index (κ1) is 27.7. The van der Waals surface area contributed by atoms with Crippen LogP contribution in [0.5, 0.6) is 5.75 Å². The van der Waals surface area contributed by atoms with E-state index in [2.05, 4.69) is 9.88 Å². The first-order valence-electron chi connectivity index (χ1n) is 12.8. The summed E-state index contributed by atoms with van der Waals surface area (Å²) in [5.74, 6) is -0.354. The number of nitrogens with one attached hydrogen (secondary N) is 1. The molecule has 11 heteroatoms. The second-order valence-electron chi connectivity index (χ2n) is 9.30. The molecule has 1 fully saturated rings. The zero-order valence-corrected chi connectivity index (χ0v) is 23.1. The van der Waals surface area contributed by atoms with Crippen molar-refractivity contribution in [2.24, 2.45) is 0 Å². The highest BCUT2D eigenvalue weighted by Crippen LogP contribution is 2.36. The number of benzene rings is 3. The predicted octanol–water partition coefficient (Wildman–Crippen LogP) is 5.98. The molecule has 3 amide bonds. The zero-order chi connectivity index (χ0) is 29.1. The van der Waals surface area contributed by atoms with Gasteiger partial charge in [0.15, 0.2) is 0 Å². The van der Waals surface area contributed by atoms with Crippen molar-refractivity contribution >= 4 is 57.2 Å². The SMILES string of the molecule is CCOc1ccc(NC(=O)CN2C(=O)S/C(=C/c3c(C)n(Cc4ccc([N+](=O)[O-])cc4)c4ccccc34)C2=O)cc1. The number of anilines is 1. The monoisotopic (exact) mass is 570 g/mol. The standard InChI is InChI=1S/C30H26N4O6S/c1-3-40-23-14-10-21(11-15-23)31-28(35)18-33-29(36)27(41-30(33)37)16-25-19(2)32(26-7-5-4-6-24(25)26)17-20-8-12-22(13-9-20)34(38)39/h4-16H,3,17-18H2,1-2H3,(H,31,35)/b27-16+. The number of thioether (sulfide) groups is 1. The Morgan fingerprint density at radius 3 is 2.44 bits per heavy atom. The van der Waals surface area contributed by atoms with E-state index in [9.17, 15) is 24.5 Å². The van der Waals surface area contributed by atoms with Gasteiger partial charge < -0.3 is 14.6 Å². The van der Waals surface area contributed by atoms with Crippen molar-refractivity contribution in [2.45, 2.75) is 20.4 Å². The van der Waals surface area contributed by atoms with Crippen molar-refractivity contribution in [2.75, 3.05) is 18.5 Å². The van der Waals surface area contributed by atoms with Gasteiger partial charge in [0.1, 0.15) is 12.3 Å². The molecule has 1 saturated heterocycles. The number of rotatable bonds is 9. The van der Waals surface area contributed by atoms with E-state index >= 15 is 0 Å². The van der Waals surface area contributed by atoms with E-state index in [-0.39, 0.29) is 10.6 Å². The topological polar surface area (TPSA) is 124 Å². The van der Waals surface area contributed by atoms with Crippen LogP contribution in [-0.4, -0.2) is 44.6 Å². The third-order valence-electron chi connectivity index (χ3n) is 6.67. The lowest BCUT2D eigenvalue weighted by Crippen LogP contribution is -2.36. The Bertz CT molecular complexity index is 1690. The molecule has 208 valence electrons. The van der Waals surface area contributed by atoms with Crippen molar-refractivity contribution in [3.63, 3.8) is 0 Å². The Hall–Kier alpha value is -4.90. The van der Waals surface area contributed by atoms with Gasteiger partial charge in [0.25, 0.3) is 16.8 Å². The Labute approximate surface area is 239 Å². The quantitative estimate of drug-likeness (QED) is 0.149. The fraction of sp³-hybridized carbons (Fsp3) is 0.167. The maximum atomic E-state index is 13.2. The number of ether oxygens (including phenoxy) is 1. The lowest BCUT2D eigenvalue weighted by molar-refractivity contribution is -0.384. The third kappa shape index (κ3) is 5.85. The molecule has 0 spiro atoms. The lowest BCUT2D eigenvalue weighted by Gasteiger charge is -2.12. The molecule has 4 aromatic rings. The summed E-state index contributed by atoms with van der Waals surface area (Å²) in [5, 5.41) is 14.1. The maximum Gasteiger partial charge on any atom is 0.294 e. The zero-order valence-electron chi connectivity index (χ0n) is 22.3. The molecule has 1 aliphatic rings. The van der Waals surface area contributed by atoms with Crippen molar-refractivity contribution in [1.82, 2.24) is 9.47 Å². The average molecular weight is 571 g/mol. The summed E-state index contributed by atoms with van der Waals surface area (Å²) in [6.07, 6.45) is 1.69. The fourth-order valence-electron chi connectivity index (χ4n) is 4.66. The number of hydrogen-bond donors (Lipinski definition) is 1. The van der Waals surface area contributed by atoms with Gasteiger partial charge >= 0.3 is 0 Å². The molecule has 0 atom stereocenters. The minimum Gasteiger partial charge on any atom is -0.494 e. The molecule has 2 heterocycles. The molecule has 5 rings (SSSR count). The summed E-state index contributed by atoms with van der Waals surface area (Å²) in [6.45, 7) is 4.38. The van der Waals surface area contributed by atoms with Crippen molar-refractivity contribution in [1.29, 1.82) is 0 Å². The first-order chi connectivity index (χ1) is 19.7. The Morgan fingerprint density at radius 1 is 1.05 bits per heavy atom. The van der Waals surface area contributed by atoms with E-state index in [4.69, 9.17) is 4.74 Å². The highest BCUT2D eigenvalue weighted by atomic mass is 32.2. The molecular formula is C30H26N4O6S. The van der Waals surface area contributed by atoms with Gasteiger partial charge in [0.05, 0.1) is 16.4 Å². The molecule has 0 unspecified atom stereocenters. The number of nitro groups is 1. The van der Waals surface area contributed by atoms with Crippen LogP contribution in [0.15, 0.2) is 77.7 Å². The second-order valence-corrected chi connectivity index (χ2v) is 10.3. The van der Waals surface area contributed by atoms with Crippen molar-refractivity contribution in [3.05, 3.63) is 105 Å². The molecule has 0 saturated carbocycles. The molecule has 41 heavy (non-hydrogen) atoms. The van der Waals surface area contributed by atoms with Crippen LogP contribution in [0.4, 0.5) is 16.2 Å². The average Bonchev–Trinajstić information content (AvgIpc) is 3.37. The minimum atomic E-state index is -0.534. The molecule has 1 N–H and O–H groups in total. The van der Waals surface area contributed by atoms with E-state index in [1.807, 2.05) is 38.1 Å². The molecule has 0 bridgehead atoms. The Kier molecular flexibility index (Phi) is 7.88. The molecule has 1 aliphatic heterocycles. The van der Waals surface area contributed by atoms with Crippen LogP contribution in [0.25, 0.3) is 17.0 Å². The Balaban J connectivity index is 1.36. The van der Waals surface area contributed by atoms with Crippen LogP contribution >= 0.6 is 11.8 Å². The molecule has 3 aromatic carbocycles. The van der Waals surface area contributed by atoms with Crippen molar-refractivity contribution in [3.8, 4) is 5.75 Å². The first-order valence-corrected chi connectivity index (χ1v) is 13.7. The Morgan fingerprint density at radius 2 is 1.76 bits per heavy atom. The van der Waals surface area contributed by atoms with Gasteiger partial charge in [-0.3, -0.25) is 29.4 Å². The maximum absolute atomic E-state index is 13.2. The highest BCUT2D eigenvalue weighted by molar-refractivity contribution is 8.18. The number of non-ortho nitro benzene ring substituents is 1. The summed E-state index contributed by atoms with van der Waals surface area (Å²) in [4.78, 5) is 50.3. The second kappa shape index (κ2) is 11.7. The number of amides is 3. The number of para-hydroxylation sites is 1. The molecule has 1 aromatic heterocycles.